The van der Waals surface area contributed by atoms with E-state index in [4.69, 9.17) is 9.26 Å². The molecular formula is C26H34N4O5. The first-order chi connectivity index (χ1) is 16.7. The number of amides is 3. The molecule has 1 aromatic carbocycles. The molecular weight excluding hydrogens is 448 g/mol. The van der Waals surface area contributed by atoms with Gasteiger partial charge in [-0.15, -0.1) is 0 Å². The highest BCUT2D eigenvalue weighted by molar-refractivity contribution is 5.98. The summed E-state index contributed by atoms with van der Waals surface area (Å²) in [6.45, 7) is 9.83. The van der Waals surface area contributed by atoms with E-state index in [0.29, 0.717) is 44.6 Å². The van der Waals surface area contributed by atoms with Gasteiger partial charge in [0.1, 0.15) is 11.5 Å². The normalized spacial score (nSPS) is 18.7. The van der Waals surface area contributed by atoms with Gasteiger partial charge >= 0.3 is 6.09 Å². The Balaban J connectivity index is 1.19. The van der Waals surface area contributed by atoms with Gasteiger partial charge in [0.25, 0.3) is 0 Å². The molecule has 0 spiro atoms. The van der Waals surface area contributed by atoms with Gasteiger partial charge in [0, 0.05) is 64.6 Å². The van der Waals surface area contributed by atoms with E-state index in [1.54, 1.807) is 17.0 Å². The predicted molar refractivity (Wildman–Crippen MR) is 129 cm³/mol. The van der Waals surface area contributed by atoms with Crippen LogP contribution in [0.5, 0.6) is 5.75 Å². The molecule has 1 aromatic heterocycles. The predicted octanol–water partition coefficient (Wildman–Crippen LogP) is 3.06. The monoisotopic (exact) mass is 482 g/mol. The molecule has 188 valence electrons. The van der Waals surface area contributed by atoms with Crippen LogP contribution in [-0.2, 0) is 22.4 Å². The third kappa shape index (κ3) is 6.69. The van der Waals surface area contributed by atoms with Crippen molar-refractivity contribution in [3.05, 3.63) is 47.3 Å². The van der Waals surface area contributed by atoms with E-state index >= 15 is 0 Å². The zero-order valence-corrected chi connectivity index (χ0v) is 20.8. The number of benzene rings is 1. The van der Waals surface area contributed by atoms with Crippen molar-refractivity contribution >= 4 is 17.9 Å². The lowest BCUT2D eigenvalue weighted by Crippen LogP contribution is -2.49. The SMILES string of the molecule is Cc1cc(CCN2CCN(C(=O)Oc3ccc(CCN4C(=O)CC(C)(C)CC4=O)cc3)CC2)on1. The number of rotatable bonds is 7. The molecule has 0 radical (unpaired) electrons. The van der Waals surface area contributed by atoms with Crippen LogP contribution in [0.2, 0.25) is 0 Å². The summed E-state index contributed by atoms with van der Waals surface area (Å²) < 4.78 is 10.8. The molecule has 9 nitrogen and oxygen atoms in total. The van der Waals surface area contributed by atoms with Crippen LogP contribution in [0.25, 0.3) is 0 Å². The molecule has 0 bridgehead atoms. The van der Waals surface area contributed by atoms with Gasteiger partial charge in [-0.05, 0) is 36.5 Å². The van der Waals surface area contributed by atoms with Crippen molar-refractivity contribution in [1.29, 1.82) is 0 Å². The van der Waals surface area contributed by atoms with Gasteiger partial charge in [-0.1, -0.05) is 31.1 Å². The Hall–Kier alpha value is -3.20. The van der Waals surface area contributed by atoms with Crippen LogP contribution >= 0.6 is 0 Å². The average Bonchev–Trinajstić information content (AvgIpc) is 3.23. The molecule has 0 atom stereocenters. The summed E-state index contributed by atoms with van der Waals surface area (Å²) in [6, 6.07) is 9.20. The molecule has 9 heteroatoms. The molecule has 3 heterocycles. The number of piperidine rings is 1. The second-order valence-electron chi connectivity index (χ2n) is 10.2. The maximum absolute atomic E-state index is 12.6. The van der Waals surface area contributed by atoms with Crippen molar-refractivity contribution in [3.8, 4) is 5.75 Å². The van der Waals surface area contributed by atoms with Crippen LogP contribution in [-0.4, -0.2) is 77.0 Å². The first kappa shape index (κ1) is 24.9. The summed E-state index contributed by atoms with van der Waals surface area (Å²) in [7, 11) is 0. The van der Waals surface area contributed by atoms with E-state index in [2.05, 4.69) is 10.1 Å². The Labute approximate surface area is 206 Å². The Morgan fingerprint density at radius 1 is 1.00 bits per heavy atom. The number of hydrogen-bond donors (Lipinski definition) is 0. The van der Waals surface area contributed by atoms with Crippen molar-refractivity contribution in [2.45, 2.75) is 46.5 Å². The van der Waals surface area contributed by atoms with E-state index in [1.807, 2.05) is 39.0 Å². The molecule has 2 aliphatic heterocycles. The number of ether oxygens (including phenoxy) is 1. The number of likely N-dealkylation sites (tertiary alicyclic amines) is 1. The van der Waals surface area contributed by atoms with E-state index in [9.17, 15) is 14.4 Å². The molecule has 35 heavy (non-hydrogen) atoms. The number of carbonyl (C=O) groups excluding carboxylic acids is 3. The lowest BCUT2D eigenvalue weighted by atomic mass is 9.81. The zero-order chi connectivity index (χ0) is 25.0. The van der Waals surface area contributed by atoms with Crippen molar-refractivity contribution in [2.75, 3.05) is 39.3 Å². The minimum atomic E-state index is -0.351. The van der Waals surface area contributed by atoms with E-state index < -0.39 is 0 Å². The van der Waals surface area contributed by atoms with Crippen LogP contribution in [0.1, 0.15) is 43.7 Å². The lowest BCUT2D eigenvalue weighted by molar-refractivity contribution is -0.152. The Morgan fingerprint density at radius 2 is 1.66 bits per heavy atom. The maximum Gasteiger partial charge on any atom is 0.415 e. The summed E-state index contributed by atoms with van der Waals surface area (Å²) in [5.41, 5.74) is 1.60. The van der Waals surface area contributed by atoms with Crippen LogP contribution in [0.15, 0.2) is 34.9 Å². The van der Waals surface area contributed by atoms with E-state index in [0.717, 1.165) is 43.1 Å². The van der Waals surface area contributed by atoms with Crippen molar-refractivity contribution in [3.63, 3.8) is 0 Å². The first-order valence-corrected chi connectivity index (χ1v) is 12.2. The molecule has 3 amide bonds. The van der Waals surface area contributed by atoms with E-state index in [-0.39, 0.29) is 23.3 Å². The fourth-order valence-electron chi connectivity index (χ4n) is 4.55. The molecule has 2 saturated heterocycles. The smallest absolute Gasteiger partial charge is 0.410 e. The number of imide groups is 1. The van der Waals surface area contributed by atoms with Gasteiger partial charge in [0.2, 0.25) is 11.8 Å². The summed E-state index contributed by atoms with van der Waals surface area (Å²) in [5.74, 6) is 1.15. The highest BCUT2D eigenvalue weighted by Gasteiger charge is 2.37. The fourth-order valence-corrected chi connectivity index (χ4v) is 4.55. The van der Waals surface area contributed by atoms with E-state index in [1.165, 1.54) is 4.90 Å². The number of hydrogen-bond acceptors (Lipinski definition) is 7. The summed E-state index contributed by atoms with van der Waals surface area (Å²) in [4.78, 5) is 42.6. The standard InChI is InChI=1S/C26H34N4O5/c1-19-16-22(35-27-19)9-10-28-12-14-29(15-13-28)25(33)34-21-6-4-20(5-7-21)8-11-30-23(31)17-26(2,3)18-24(30)32/h4-7,16H,8-15,17-18H2,1-3H3. The first-order valence-electron chi connectivity index (χ1n) is 12.2. The molecule has 0 aliphatic carbocycles. The number of piperazine rings is 1. The quantitative estimate of drug-likeness (QED) is 0.560. The topological polar surface area (TPSA) is 96.2 Å². The van der Waals surface area contributed by atoms with Gasteiger partial charge < -0.3 is 14.2 Å². The molecule has 0 saturated carbocycles. The van der Waals surface area contributed by atoms with Gasteiger partial charge in [0.05, 0.1) is 5.69 Å². The molecule has 2 aromatic rings. The van der Waals surface area contributed by atoms with Crippen LogP contribution < -0.4 is 4.74 Å². The molecule has 0 N–H and O–H groups in total. The molecule has 0 unspecified atom stereocenters. The Bertz CT molecular complexity index is 1030. The third-order valence-electron chi connectivity index (χ3n) is 6.60. The van der Waals surface area contributed by atoms with Crippen molar-refractivity contribution in [2.24, 2.45) is 5.41 Å². The van der Waals surface area contributed by atoms with Crippen molar-refractivity contribution in [1.82, 2.24) is 19.9 Å². The number of aromatic nitrogens is 1. The number of aryl methyl sites for hydroxylation is 1. The fraction of sp³-hybridized carbons (Fsp3) is 0.538. The van der Waals surface area contributed by atoms with Gasteiger partial charge in [0.15, 0.2) is 0 Å². The lowest BCUT2D eigenvalue weighted by Gasteiger charge is -2.34. The molecule has 4 rings (SSSR count). The van der Waals surface area contributed by atoms with Crippen LogP contribution in [0.4, 0.5) is 4.79 Å². The second-order valence-corrected chi connectivity index (χ2v) is 10.2. The number of nitrogens with zero attached hydrogens (tertiary/aromatic N) is 4. The largest absolute Gasteiger partial charge is 0.415 e. The zero-order valence-electron chi connectivity index (χ0n) is 20.8. The molecule has 2 fully saturated rings. The van der Waals surface area contributed by atoms with Gasteiger partial charge in [-0.2, -0.15) is 0 Å². The average molecular weight is 483 g/mol. The Kier molecular flexibility index (Phi) is 7.54. The summed E-state index contributed by atoms with van der Waals surface area (Å²) in [5, 5.41) is 3.91. The Morgan fingerprint density at radius 3 is 2.26 bits per heavy atom. The maximum atomic E-state index is 12.6. The highest BCUT2D eigenvalue weighted by atomic mass is 16.6. The minimum absolute atomic E-state index is 0.107. The van der Waals surface area contributed by atoms with Gasteiger partial charge in [-0.3, -0.25) is 19.4 Å². The van der Waals surface area contributed by atoms with Gasteiger partial charge in [-0.25, -0.2) is 4.79 Å². The highest BCUT2D eigenvalue weighted by Crippen LogP contribution is 2.31. The molecule has 2 aliphatic rings. The van der Waals surface area contributed by atoms with Crippen molar-refractivity contribution < 1.29 is 23.6 Å². The van der Waals surface area contributed by atoms with Crippen LogP contribution in [0, 0.1) is 12.3 Å². The summed E-state index contributed by atoms with van der Waals surface area (Å²) >= 11 is 0. The number of carbonyl (C=O) groups is 3. The summed E-state index contributed by atoms with van der Waals surface area (Å²) in [6.07, 6.45) is 1.80. The minimum Gasteiger partial charge on any atom is -0.410 e. The second kappa shape index (κ2) is 10.6. The van der Waals surface area contributed by atoms with Crippen LogP contribution in [0.3, 0.4) is 0 Å². The third-order valence-corrected chi connectivity index (χ3v) is 6.60.